The first kappa shape index (κ1) is 12.0. The molecular weight excluding hydrogens is 310 g/mol. The van der Waals surface area contributed by atoms with Crippen molar-refractivity contribution in [1.82, 2.24) is 14.7 Å². The van der Waals surface area contributed by atoms with Crippen LogP contribution in [0.4, 0.5) is 0 Å². The molecule has 1 N–H and O–H groups in total. The van der Waals surface area contributed by atoms with Gasteiger partial charge in [0.15, 0.2) is 0 Å². The lowest BCUT2D eigenvalue weighted by molar-refractivity contribution is 0.408. The van der Waals surface area contributed by atoms with Gasteiger partial charge in [0.1, 0.15) is 17.8 Å². The number of rotatable bonds is 2. The Bertz CT molecular complexity index is 720. The molecule has 0 spiro atoms. The molecule has 5 nitrogen and oxygen atoms in total. The Kier molecular flexibility index (Phi) is 2.87. The van der Waals surface area contributed by atoms with Gasteiger partial charge >= 0.3 is 0 Å². The van der Waals surface area contributed by atoms with Gasteiger partial charge in [0, 0.05) is 24.0 Å². The zero-order valence-electron chi connectivity index (χ0n) is 10.0. The summed E-state index contributed by atoms with van der Waals surface area (Å²) in [6.45, 7) is 1.84. The molecule has 0 aliphatic carbocycles. The van der Waals surface area contributed by atoms with Gasteiger partial charge in [-0.1, -0.05) is 17.3 Å². The molecule has 0 unspecified atom stereocenters. The van der Waals surface area contributed by atoms with E-state index in [2.05, 4.69) is 26.1 Å². The van der Waals surface area contributed by atoms with E-state index < -0.39 is 0 Å². The zero-order valence-corrected chi connectivity index (χ0v) is 11.6. The Hall–Kier alpha value is -2.08. The third-order valence-corrected chi connectivity index (χ3v) is 3.65. The van der Waals surface area contributed by atoms with E-state index >= 15 is 0 Å². The van der Waals surface area contributed by atoms with Crippen molar-refractivity contribution in [2.75, 3.05) is 0 Å². The van der Waals surface area contributed by atoms with E-state index in [1.807, 2.05) is 19.1 Å². The topological polar surface area (TPSA) is 64.1 Å². The maximum Gasteiger partial charge on any atom is 0.237 e. The van der Waals surface area contributed by atoms with E-state index in [9.17, 15) is 5.11 Å². The van der Waals surface area contributed by atoms with Crippen LogP contribution in [0.25, 0.3) is 17.1 Å². The Balaban J connectivity index is 2.07. The Labute approximate surface area is 117 Å². The van der Waals surface area contributed by atoms with Crippen LogP contribution in [0.15, 0.2) is 45.9 Å². The molecule has 0 aliphatic rings. The Morgan fingerprint density at radius 3 is 2.95 bits per heavy atom. The van der Waals surface area contributed by atoms with Crippen LogP contribution in [0, 0.1) is 6.92 Å². The van der Waals surface area contributed by atoms with Crippen molar-refractivity contribution in [3.8, 4) is 22.9 Å². The van der Waals surface area contributed by atoms with Crippen molar-refractivity contribution >= 4 is 15.9 Å². The molecule has 6 heteroatoms. The highest BCUT2D eigenvalue weighted by molar-refractivity contribution is 9.10. The molecule has 3 rings (SSSR count). The minimum Gasteiger partial charge on any atom is -0.506 e. The van der Waals surface area contributed by atoms with Gasteiger partial charge in [-0.05, 0) is 28.4 Å². The molecule has 96 valence electrons. The lowest BCUT2D eigenvalue weighted by atomic mass is 10.1. The Morgan fingerprint density at radius 1 is 1.37 bits per heavy atom. The van der Waals surface area contributed by atoms with Gasteiger partial charge < -0.3 is 9.63 Å². The lowest BCUT2D eigenvalue weighted by Crippen LogP contribution is -1.85. The second kappa shape index (κ2) is 4.55. The number of imidazole rings is 1. The van der Waals surface area contributed by atoms with E-state index in [1.54, 1.807) is 29.4 Å². The van der Waals surface area contributed by atoms with Crippen molar-refractivity contribution in [2.24, 2.45) is 0 Å². The Morgan fingerprint density at radius 2 is 2.21 bits per heavy atom. The fraction of sp³-hybridized carbons (Fsp3) is 0.0769. The maximum atomic E-state index is 9.92. The summed E-state index contributed by atoms with van der Waals surface area (Å²) in [7, 11) is 0. The summed E-state index contributed by atoms with van der Waals surface area (Å²) >= 11 is 3.37. The maximum absolute atomic E-state index is 9.92. The van der Waals surface area contributed by atoms with E-state index in [0.29, 0.717) is 16.1 Å². The van der Waals surface area contributed by atoms with Crippen LogP contribution < -0.4 is 0 Å². The van der Waals surface area contributed by atoms with E-state index in [1.165, 1.54) is 0 Å². The van der Waals surface area contributed by atoms with Crippen molar-refractivity contribution in [2.45, 2.75) is 6.92 Å². The fourth-order valence-electron chi connectivity index (χ4n) is 1.76. The molecule has 19 heavy (non-hydrogen) atoms. The number of phenolic OH excluding ortho intramolecular Hbond substituents is 1. The summed E-state index contributed by atoms with van der Waals surface area (Å²) in [5.74, 6) is 0.782. The second-order valence-electron chi connectivity index (χ2n) is 4.11. The second-order valence-corrected chi connectivity index (χ2v) is 4.91. The monoisotopic (exact) mass is 319 g/mol. The fourth-order valence-corrected chi connectivity index (χ4v) is 2.41. The number of hydrogen-bond donors (Lipinski definition) is 1. The zero-order chi connectivity index (χ0) is 13.4. The summed E-state index contributed by atoms with van der Waals surface area (Å²) in [6.07, 6.45) is 5.06. The predicted molar refractivity (Wildman–Crippen MR) is 73.2 cm³/mol. The molecule has 3 aromatic rings. The molecule has 2 heterocycles. The highest BCUT2D eigenvalue weighted by atomic mass is 79.9. The van der Waals surface area contributed by atoms with Gasteiger partial charge in [-0.2, -0.15) is 0 Å². The third-order valence-electron chi connectivity index (χ3n) is 2.85. The van der Waals surface area contributed by atoms with Gasteiger partial charge in [0.2, 0.25) is 5.88 Å². The summed E-state index contributed by atoms with van der Waals surface area (Å²) in [5, 5.41) is 13.9. The quantitative estimate of drug-likeness (QED) is 0.787. The van der Waals surface area contributed by atoms with Crippen LogP contribution >= 0.6 is 15.9 Å². The number of halogens is 1. The molecule has 0 fully saturated rings. The number of phenols is 1. The number of aromatic hydroxyl groups is 1. The number of nitrogens with zero attached hydrogens (tertiary/aromatic N) is 3. The first-order valence-corrected chi connectivity index (χ1v) is 6.39. The molecule has 0 aliphatic heterocycles. The van der Waals surface area contributed by atoms with Crippen LogP contribution in [0.3, 0.4) is 0 Å². The molecule has 0 bridgehead atoms. The van der Waals surface area contributed by atoms with Crippen molar-refractivity contribution in [3.05, 3.63) is 47.0 Å². The minimum atomic E-state index is 0.213. The smallest absolute Gasteiger partial charge is 0.237 e. The molecule has 0 atom stereocenters. The van der Waals surface area contributed by atoms with Crippen LogP contribution in [0.5, 0.6) is 5.75 Å². The normalized spacial score (nSPS) is 10.8. The van der Waals surface area contributed by atoms with Gasteiger partial charge in [-0.3, -0.25) is 4.57 Å². The molecular formula is C13H10BrN3O2. The summed E-state index contributed by atoms with van der Waals surface area (Å²) < 4.78 is 7.59. The largest absolute Gasteiger partial charge is 0.506 e. The van der Waals surface area contributed by atoms with Crippen LogP contribution in [-0.2, 0) is 0 Å². The molecule has 0 radical (unpaired) electrons. The van der Waals surface area contributed by atoms with Crippen molar-refractivity contribution in [1.29, 1.82) is 0 Å². The highest BCUT2D eigenvalue weighted by Gasteiger charge is 2.14. The standard InChI is InChI=1S/C13H10BrN3O2/c1-8-2-3-9(12(14)13(8)18)10-6-11(19-16-10)17-5-4-15-7-17/h2-7,18H,1H3. The van der Waals surface area contributed by atoms with E-state index in [-0.39, 0.29) is 5.75 Å². The van der Waals surface area contributed by atoms with Crippen LogP contribution in [0.2, 0.25) is 0 Å². The van der Waals surface area contributed by atoms with E-state index in [4.69, 9.17) is 4.52 Å². The van der Waals surface area contributed by atoms with Crippen LogP contribution in [0.1, 0.15) is 5.56 Å². The van der Waals surface area contributed by atoms with Crippen molar-refractivity contribution < 1.29 is 9.63 Å². The summed E-state index contributed by atoms with van der Waals surface area (Å²) in [5.41, 5.74) is 2.22. The SMILES string of the molecule is Cc1ccc(-c2cc(-n3ccnc3)on2)c(Br)c1O. The number of aromatic nitrogens is 3. The number of benzene rings is 1. The van der Waals surface area contributed by atoms with Crippen molar-refractivity contribution in [3.63, 3.8) is 0 Å². The molecule has 0 saturated carbocycles. The average Bonchev–Trinajstić information content (AvgIpc) is 3.06. The first-order chi connectivity index (χ1) is 9.16. The molecule has 0 saturated heterocycles. The van der Waals surface area contributed by atoms with Gasteiger partial charge in [0.05, 0.1) is 4.47 Å². The summed E-state index contributed by atoms with van der Waals surface area (Å²) in [4.78, 5) is 3.95. The molecule has 1 aromatic carbocycles. The van der Waals surface area contributed by atoms with Crippen LogP contribution in [-0.4, -0.2) is 19.8 Å². The third kappa shape index (κ3) is 2.04. The van der Waals surface area contributed by atoms with Gasteiger partial charge in [-0.15, -0.1) is 0 Å². The average molecular weight is 320 g/mol. The van der Waals surface area contributed by atoms with Gasteiger partial charge in [0.25, 0.3) is 0 Å². The molecule has 0 amide bonds. The lowest BCUT2D eigenvalue weighted by Gasteiger charge is -2.05. The number of hydrogen-bond acceptors (Lipinski definition) is 4. The summed E-state index contributed by atoms with van der Waals surface area (Å²) in [6, 6.07) is 5.51. The van der Waals surface area contributed by atoms with E-state index in [0.717, 1.165) is 11.1 Å². The number of aryl methyl sites for hydroxylation is 1. The predicted octanol–water partition coefficient (Wildman–Crippen LogP) is 3.30. The molecule has 2 aromatic heterocycles. The van der Waals surface area contributed by atoms with Gasteiger partial charge in [-0.25, -0.2) is 4.98 Å². The minimum absolute atomic E-state index is 0.213. The first-order valence-electron chi connectivity index (χ1n) is 5.60. The highest BCUT2D eigenvalue weighted by Crippen LogP contribution is 2.37.